The van der Waals surface area contributed by atoms with Gasteiger partial charge in [-0.2, -0.15) is 0 Å². The van der Waals surface area contributed by atoms with Gasteiger partial charge in [0.1, 0.15) is 5.75 Å². The van der Waals surface area contributed by atoms with Gasteiger partial charge >= 0.3 is 12.1 Å². The number of hydrogen-bond donors (Lipinski definition) is 1. The van der Waals surface area contributed by atoms with Crippen LogP contribution in [0.2, 0.25) is 0 Å². The lowest BCUT2D eigenvalue weighted by Gasteiger charge is -2.33. The topological polar surface area (TPSA) is 71.1 Å². The van der Waals surface area contributed by atoms with E-state index < -0.39 is 0 Å². The number of carbonyl (C=O) groups is 2. The second kappa shape index (κ2) is 8.29. The summed E-state index contributed by atoms with van der Waals surface area (Å²) < 4.78 is 10.1. The molecule has 0 aromatic heterocycles. The van der Waals surface area contributed by atoms with E-state index in [2.05, 4.69) is 5.32 Å². The fourth-order valence-corrected chi connectivity index (χ4v) is 3.80. The highest BCUT2D eigenvalue weighted by atomic mass is 16.5. The molecule has 3 rings (SSSR count). The molecule has 1 atom stereocenters. The maximum atomic E-state index is 12.8. The maximum absolute atomic E-state index is 12.8. The van der Waals surface area contributed by atoms with Crippen LogP contribution in [0.4, 0.5) is 9.59 Å². The number of ether oxygens (including phenoxy) is 2. The predicted molar refractivity (Wildman–Crippen MR) is 97.2 cm³/mol. The van der Waals surface area contributed by atoms with Crippen molar-refractivity contribution in [2.24, 2.45) is 0 Å². The zero-order valence-electron chi connectivity index (χ0n) is 15.4. The Morgan fingerprint density at radius 3 is 2.58 bits per heavy atom. The van der Waals surface area contributed by atoms with Crippen molar-refractivity contribution in [3.05, 3.63) is 29.8 Å². The number of nitrogens with zero attached hydrogens (tertiary/aromatic N) is 2. The molecule has 1 unspecified atom stereocenters. The number of piperidine rings is 1. The molecule has 2 saturated heterocycles. The molecule has 1 N–H and O–H groups in total. The third kappa shape index (κ3) is 4.03. The van der Waals surface area contributed by atoms with Gasteiger partial charge in [-0.1, -0.05) is 12.1 Å². The van der Waals surface area contributed by atoms with Crippen LogP contribution in [0.25, 0.3) is 0 Å². The Hall–Kier alpha value is -2.44. The number of methoxy groups -OCH3 is 2. The second-order valence-corrected chi connectivity index (χ2v) is 6.81. The highest BCUT2D eigenvalue weighted by Gasteiger charge is 2.32. The number of amides is 3. The summed E-state index contributed by atoms with van der Waals surface area (Å²) in [5, 5.41) is 3.14. The number of carbonyl (C=O) groups excluding carboxylic acids is 2. The molecule has 0 saturated carbocycles. The van der Waals surface area contributed by atoms with Crippen LogP contribution in [0.5, 0.6) is 5.75 Å². The lowest BCUT2D eigenvalue weighted by molar-refractivity contribution is 0.109. The van der Waals surface area contributed by atoms with Crippen molar-refractivity contribution >= 4 is 12.1 Å². The summed E-state index contributed by atoms with van der Waals surface area (Å²) in [5.74, 6) is 0.810. The first kappa shape index (κ1) is 18.4. The zero-order chi connectivity index (χ0) is 18.5. The summed E-state index contributed by atoms with van der Waals surface area (Å²) in [6.07, 6.45) is 3.15. The molecule has 0 aliphatic carbocycles. The van der Waals surface area contributed by atoms with Gasteiger partial charge in [0, 0.05) is 25.7 Å². The molecule has 26 heavy (non-hydrogen) atoms. The molecule has 2 fully saturated rings. The average molecular weight is 361 g/mol. The molecule has 7 heteroatoms. The Balaban J connectivity index is 1.58. The molecule has 1 aromatic carbocycles. The minimum Gasteiger partial charge on any atom is -0.497 e. The van der Waals surface area contributed by atoms with Crippen molar-refractivity contribution in [1.29, 1.82) is 0 Å². The summed E-state index contributed by atoms with van der Waals surface area (Å²) in [4.78, 5) is 28.0. The van der Waals surface area contributed by atoms with E-state index in [-0.39, 0.29) is 24.2 Å². The molecule has 1 aromatic rings. The number of urea groups is 1. The monoisotopic (exact) mass is 361 g/mol. The molecule has 0 radical (unpaired) electrons. The fraction of sp³-hybridized carbons (Fsp3) is 0.579. The van der Waals surface area contributed by atoms with Crippen molar-refractivity contribution < 1.29 is 19.1 Å². The van der Waals surface area contributed by atoms with Gasteiger partial charge in [0.15, 0.2) is 0 Å². The normalized spacial score (nSPS) is 20.8. The summed E-state index contributed by atoms with van der Waals surface area (Å²) in [6, 6.07) is 8.09. The average Bonchev–Trinajstić information content (AvgIpc) is 3.18. The first-order valence-electron chi connectivity index (χ1n) is 9.16. The highest BCUT2D eigenvalue weighted by Crippen LogP contribution is 2.33. The standard InChI is InChI=1S/C19H27N3O4/c1-25-16-6-3-5-14(13-16)17-7-4-10-22(17)18(23)20-15-8-11-21(12-9-15)19(24)26-2/h3,5-6,13,15,17H,4,7-12H2,1-2H3,(H,20,23). The summed E-state index contributed by atoms with van der Waals surface area (Å²) in [7, 11) is 3.04. The molecule has 3 amide bonds. The Bertz CT molecular complexity index is 643. The first-order valence-corrected chi connectivity index (χ1v) is 9.16. The maximum Gasteiger partial charge on any atom is 0.409 e. The van der Waals surface area contributed by atoms with Gasteiger partial charge in [-0.3, -0.25) is 0 Å². The second-order valence-electron chi connectivity index (χ2n) is 6.81. The van der Waals surface area contributed by atoms with Crippen molar-refractivity contribution in [2.45, 2.75) is 37.8 Å². The van der Waals surface area contributed by atoms with Gasteiger partial charge in [-0.15, -0.1) is 0 Å². The van der Waals surface area contributed by atoms with E-state index in [0.29, 0.717) is 13.1 Å². The molecule has 7 nitrogen and oxygen atoms in total. The molecule has 2 heterocycles. The number of hydrogen-bond acceptors (Lipinski definition) is 4. The van der Waals surface area contributed by atoms with E-state index in [9.17, 15) is 9.59 Å². The minimum absolute atomic E-state index is 0.0214. The van der Waals surface area contributed by atoms with Crippen LogP contribution in [0.1, 0.15) is 37.3 Å². The van der Waals surface area contributed by atoms with Gasteiger partial charge in [0.25, 0.3) is 0 Å². The Morgan fingerprint density at radius 1 is 1.12 bits per heavy atom. The lowest BCUT2D eigenvalue weighted by atomic mass is 10.0. The van der Waals surface area contributed by atoms with Crippen molar-refractivity contribution in [1.82, 2.24) is 15.1 Å². The largest absolute Gasteiger partial charge is 0.497 e. The molecule has 0 bridgehead atoms. The fourth-order valence-electron chi connectivity index (χ4n) is 3.80. The molecular weight excluding hydrogens is 334 g/mol. The van der Waals surface area contributed by atoms with E-state index in [1.807, 2.05) is 29.2 Å². The summed E-state index contributed by atoms with van der Waals surface area (Å²) in [6.45, 7) is 1.97. The number of rotatable bonds is 3. The van der Waals surface area contributed by atoms with Crippen LogP contribution in [-0.4, -0.2) is 61.8 Å². The quantitative estimate of drug-likeness (QED) is 0.899. The van der Waals surface area contributed by atoms with Gasteiger partial charge in [0.2, 0.25) is 0 Å². The number of likely N-dealkylation sites (tertiary alicyclic amines) is 2. The van der Waals surface area contributed by atoms with Crippen molar-refractivity contribution in [2.75, 3.05) is 33.9 Å². The van der Waals surface area contributed by atoms with E-state index >= 15 is 0 Å². The third-order valence-corrected chi connectivity index (χ3v) is 5.25. The molecular formula is C19H27N3O4. The van der Waals surface area contributed by atoms with Gasteiger partial charge in [-0.25, -0.2) is 9.59 Å². The van der Waals surface area contributed by atoms with E-state index in [4.69, 9.17) is 9.47 Å². The Labute approximate surface area is 154 Å². The first-order chi connectivity index (χ1) is 12.6. The predicted octanol–water partition coefficient (Wildman–Crippen LogP) is 2.77. The van der Waals surface area contributed by atoms with Gasteiger partial charge in [-0.05, 0) is 43.4 Å². The minimum atomic E-state index is -0.299. The van der Waals surface area contributed by atoms with Crippen LogP contribution in [0, 0.1) is 0 Å². The van der Waals surface area contributed by atoms with E-state index in [1.165, 1.54) is 7.11 Å². The van der Waals surface area contributed by atoms with Crippen LogP contribution in [0.15, 0.2) is 24.3 Å². The Kier molecular flexibility index (Phi) is 5.85. The summed E-state index contributed by atoms with van der Waals surface area (Å²) in [5.41, 5.74) is 1.11. The summed E-state index contributed by atoms with van der Waals surface area (Å²) >= 11 is 0. The lowest BCUT2D eigenvalue weighted by Crippen LogP contribution is -2.50. The molecule has 0 spiro atoms. The molecule has 2 aliphatic rings. The SMILES string of the molecule is COC(=O)N1CCC(NC(=O)N2CCCC2c2cccc(OC)c2)CC1. The van der Waals surface area contributed by atoms with Crippen LogP contribution in [0.3, 0.4) is 0 Å². The Morgan fingerprint density at radius 2 is 1.88 bits per heavy atom. The van der Waals surface area contributed by atoms with Crippen LogP contribution < -0.4 is 10.1 Å². The molecule has 142 valence electrons. The zero-order valence-corrected chi connectivity index (χ0v) is 15.4. The third-order valence-electron chi connectivity index (χ3n) is 5.25. The number of nitrogens with one attached hydrogen (secondary N) is 1. The van der Waals surface area contributed by atoms with Crippen molar-refractivity contribution in [3.63, 3.8) is 0 Å². The van der Waals surface area contributed by atoms with E-state index in [0.717, 1.165) is 43.5 Å². The highest BCUT2D eigenvalue weighted by molar-refractivity contribution is 5.75. The van der Waals surface area contributed by atoms with Crippen LogP contribution in [-0.2, 0) is 4.74 Å². The molecule has 2 aliphatic heterocycles. The number of benzene rings is 1. The van der Waals surface area contributed by atoms with Crippen LogP contribution >= 0.6 is 0 Å². The van der Waals surface area contributed by atoms with Crippen molar-refractivity contribution in [3.8, 4) is 5.75 Å². The smallest absolute Gasteiger partial charge is 0.409 e. The van der Waals surface area contributed by atoms with E-state index in [1.54, 1.807) is 12.0 Å². The van der Waals surface area contributed by atoms with Gasteiger partial charge < -0.3 is 24.6 Å². The van der Waals surface area contributed by atoms with Gasteiger partial charge in [0.05, 0.1) is 20.3 Å².